The highest BCUT2D eigenvalue weighted by Gasteiger charge is 2.14. The van der Waals surface area contributed by atoms with Crippen LogP contribution < -0.4 is 4.72 Å². The van der Waals surface area contributed by atoms with Gasteiger partial charge >= 0.3 is 0 Å². The Balaban J connectivity index is 1.76. The Morgan fingerprint density at radius 2 is 1.90 bits per heavy atom. The molecule has 0 unspecified atom stereocenters. The molecular weight excluding hydrogens is 324 g/mol. The molecule has 3 aromatic rings. The van der Waals surface area contributed by atoms with Gasteiger partial charge in [0, 0.05) is 29.4 Å². The summed E-state index contributed by atoms with van der Waals surface area (Å²) in [5.41, 5.74) is 1.83. The van der Waals surface area contributed by atoms with Crippen molar-refractivity contribution in [2.45, 2.75) is 10.8 Å². The standard InChI is InChI=1S/C14H12N2O2S3/c17-21(18,14-4-2-6-20-14)16-9-11-7-12(10-15-8-11)13-3-1-5-19-13/h1-8,10,16H,9H2. The third kappa shape index (κ3) is 3.38. The molecule has 0 saturated heterocycles. The minimum Gasteiger partial charge on any atom is -0.264 e. The van der Waals surface area contributed by atoms with Crippen molar-refractivity contribution in [3.05, 3.63) is 59.0 Å². The van der Waals surface area contributed by atoms with E-state index in [-0.39, 0.29) is 6.54 Å². The van der Waals surface area contributed by atoms with Crippen molar-refractivity contribution < 1.29 is 8.42 Å². The number of thiophene rings is 2. The van der Waals surface area contributed by atoms with E-state index in [4.69, 9.17) is 0 Å². The summed E-state index contributed by atoms with van der Waals surface area (Å²) in [7, 11) is -3.44. The maximum atomic E-state index is 12.1. The van der Waals surface area contributed by atoms with Gasteiger partial charge in [0.1, 0.15) is 4.21 Å². The molecule has 3 aromatic heterocycles. The number of rotatable bonds is 5. The van der Waals surface area contributed by atoms with Crippen LogP contribution in [-0.2, 0) is 16.6 Å². The van der Waals surface area contributed by atoms with Gasteiger partial charge < -0.3 is 0 Å². The Morgan fingerprint density at radius 3 is 2.62 bits per heavy atom. The zero-order valence-electron chi connectivity index (χ0n) is 10.9. The highest BCUT2D eigenvalue weighted by atomic mass is 32.2. The molecule has 0 atom stereocenters. The minimum atomic E-state index is -3.44. The number of aromatic nitrogens is 1. The van der Waals surface area contributed by atoms with Crippen molar-refractivity contribution in [1.29, 1.82) is 0 Å². The van der Waals surface area contributed by atoms with Gasteiger partial charge in [-0.15, -0.1) is 22.7 Å². The highest BCUT2D eigenvalue weighted by molar-refractivity contribution is 7.91. The molecular formula is C14H12N2O2S3. The van der Waals surface area contributed by atoms with E-state index in [2.05, 4.69) is 9.71 Å². The maximum absolute atomic E-state index is 12.1. The SMILES string of the molecule is O=S(=O)(NCc1cncc(-c2cccs2)c1)c1cccs1. The van der Waals surface area contributed by atoms with Crippen molar-refractivity contribution >= 4 is 32.7 Å². The van der Waals surface area contributed by atoms with Gasteiger partial charge in [0.15, 0.2) is 0 Å². The van der Waals surface area contributed by atoms with Crippen LogP contribution in [0.3, 0.4) is 0 Å². The fourth-order valence-electron chi connectivity index (χ4n) is 1.83. The smallest absolute Gasteiger partial charge is 0.250 e. The van der Waals surface area contributed by atoms with E-state index >= 15 is 0 Å². The first-order chi connectivity index (χ1) is 10.1. The molecule has 0 aliphatic carbocycles. The Bertz CT molecular complexity index is 810. The Labute approximate surface area is 131 Å². The molecule has 0 fully saturated rings. The molecule has 21 heavy (non-hydrogen) atoms. The summed E-state index contributed by atoms with van der Waals surface area (Å²) in [5, 5.41) is 3.75. The van der Waals surface area contributed by atoms with E-state index in [1.54, 1.807) is 41.2 Å². The predicted octanol–water partition coefficient (Wildman–Crippen LogP) is 3.35. The van der Waals surface area contributed by atoms with Crippen LogP contribution in [-0.4, -0.2) is 13.4 Å². The second kappa shape index (κ2) is 6.07. The lowest BCUT2D eigenvalue weighted by molar-refractivity contribution is 0.583. The average Bonchev–Trinajstić information content (AvgIpc) is 3.18. The molecule has 3 heterocycles. The third-order valence-corrected chi connectivity index (χ3v) is 6.54. The van der Waals surface area contributed by atoms with Gasteiger partial charge in [-0.25, -0.2) is 13.1 Å². The summed E-state index contributed by atoms with van der Waals surface area (Å²) < 4.78 is 27.0. The lowest BCUT2D eigenvalue weighted by Gasteiger charge is -2.06. The molecule has 0 aliphatic heterocycles. The molecule has 0 amide bonds. The van der Waals surface area contributed by atoms with Gasteiger partial charge in [-0.05, 0) is 34.5 Å². The summed E-state index contributed by atoms with van der Waals surface area (Å²) in [6, 6.07) is 9.26. The van der Waals surface area contributed by atoms with E-state index in [1.165, 1.54) is 11.3 Å². The molecule has 7 heteroatoms. The Kier molecular flexibility index (Phi) is 4.16. The fourth-order valence-corrected chi connectivity index (χ4v) is 4.59. The number of nitrogens with one attached hydrogen (secondary N) is 1. The highest BCUT2D eigenvalue weighted by Crippen LogP contribution is 2.24. The second-order valence-electron chi connectivity index (χ2n) is 4.32. The van der Waals surface area contributed by atoms with Gasteiger partial charge in [0.05, 0.1) is 0 Å². The van der Waals surface area contributed by atoms with Crippen LogP contribution in [0.15, 0.2) is 57.7 Å². The largest absolute Gasteiger partial charge is 0.264 e. The van der Waals surface area contributed by atoms with Crippen molar-refractivity contribution in [3.63, 3.8) is 0 Å². The minimum absolute atomic E-state index is 0.229. The number of sulfonamides is 1. The van der Waals surface area contributed by atoms with Crippen LogP contribution in [0.5, 0.6) is 0 Å². The monoisotopic (exact) mass is 336 g/mol. The van der Waals surface area contributed by atoms with Gasteiger partial charge in [0.25, 0.3) is 0 Å². The van der Waals surface area contributed by atoms with E-state index in [0.717, 1.165) is 16.0 Å². The molecule has 1 N–H and O–H groups in total. The summed E-state index contributed by atoms with van der Waals surface area (Å²) in [6.07, 6.45) is 3.46. The van der Waals surface area contributed by atoms with E-state index in [0.29, 0.717) is 4.21 Å². The molecule has 108 valence electrons. The molecule has 4 nitrogen and oxygen atoms in total. The molecule has 0 spiro atoms. The topological polar surface area (TPSA) is 59.1 Å². The number of hydrogen-bond acceptors (Lipinski definition) is 5. The molecule has 0 bridgehead atoms. The number of nitrogens with zero attached hydrogens (tertiary/aromatic N) is 1. The first-order valence-corrected chi connectivity index (χ1v) is 9.40. The van der Waals surface area contributed by atoms with E-state index in [1.807, 2.05) is 23.6 Å². The normalized spacial score (nSPS) is 11.6. The van der Waals surface area contributed by atoms with Crippen molar-refractivity contribution in [2.24, 2.45) is 0 Å². The van der Waals surface area contributed by atoms with Crippen LogP contribution in [0.25, 0.3) is 10.4 Å². The molecule has 0 radical (unpaired) electrons. The first kappa shape index (κ1) is 14.4. The fraction of sp³-hybridized carbons (Fsp3) is 0.0714. The number of hydrogen-bond donors (Lipinski definition) is 1. The average molecular weight is 336 g/mol. The zero-order chi connectivity index (χ0) is 14.7. The van der Waals surface area contributed by atoms with Crippen molar-refractivity contribution in [1.82, 2.24) is 9.71 Å². The van der Waals surface area contributed by atoms with Crippen molar-refractivity contribution in [3.8, 4) is 10.4 Å². The molecule has 0 saturated carbocycles. The second-order valence-corrected chi connectivity index (χ2v) is 8.20. The molecule has 0 aromatic carbocycles. The maximum Gasteiger partial charge on any atom is 0.250 e. The summed E-state index contributed by atoms with van der Waals surface area (Å²) in [5.74, 6) is 0. The Morgan fingerprint density at radius 1 is 1.10 bits per heavy atom. The summed E-state index contributed by atoms with van der Waals surface area (Å²) in [6.45, 7) is 0.229. The molecule has 3 rings (SSSR count). The lowest BCUT2D eigenvalue weighted by atomic mass is 10.2. The van der Waals surface area contributed by atoms with Gasteiger partial charge in [-0.1, -0.05) is 12.1 Å². The van der Waals surface area contributed by atoms with Crippen LogP contribution in [0.4, 0.5) is 0 Å². The van der Waals surface area contributed by atoms with Gasteiger partial charge in [-0.2, -0.15) is 0 Å². The first-order valence-electron chi connectivity index (χ1n) is 6.16. The quantitative estimate of drug-likeness (QED) is 0.777. The zero-order valence-corrected chi connectivity index (χ0v) is 13.3. The Hall–Kier alpha value is -1.54. The van der Waals surface area contributed by atoms with E-state index in [9.17, 15) is 8.42 Å². The summed E-state index contributed by atoms with van der Waals surface area (Å²) >= 11 is 2.83. The van der Waals surface area contributed by atoms with Crippen LogP contribution in [0.1, 0.15) is 5.56 Å². The van der Waals surface area contributed by atoms with Crippen LogP contribution >= 0.6 is 22.7 Å². The lowest BCUT2D eigenvalue weighted by Crippen LogP contribution is -2.22. The number of pyridine rings is 1. The molecule has 0 aliphatic rings. The van der Waals surface area contributed by atoms with Gasteiger partial charge in [0.2, 0.25) is 10.0 Å². The van der Waals surface area contributed by atoms with Crippen molar-refractivity contribution in [2.75, 3.05) is 0 Å². The third-order valence-electron chi connectivity index (χ3n) is 2.83. The predicted molar refractivity (Wildman–Crippen MR) is 85.9 cm³/mol. The van der Waals surface area contributed by atoms with Gasteiger partial charge in [-0.3, -0.25) is 4.98 Å². The van der Waals surface area contributed by atoms with Crippen LogP contribution in [0, 0.1) is 0 Å². The van der Waals surface area contributed by atoms with Crippen LogP contribution in [0.2, 0.25) is 0 Å². The van der Waals surface area contributed by atoms with E-state index < -0.39 is 10.0 Å². The summed E-state index contributed by atoms with van der Waals surface area (Å²) in [4.78, 5) is 5.29.